The fourth-order valence-electron chi connectivity index (χ4n) is 0.915. The van der Waals surface area contributed by atoms with Gasteiger partial charge in [0.1, 0.15) is 0 Å². The van der Waals surface area contributed by atoms with Gasteiger partial charge in [0.15, 0.2) is 3.79 Å². The van der Waals surface area contributed by atoms with Gasteiger partial charge in [-0.05, 0) is 0 Å². The largest absolute Gasteiger partial charge is 0.481 e. The van der Waals surface area contributed by atoms with Crippen LogP contribution < -0.4 is 0 Å². The summed E-state index contributed by atoms with van der Waals surface area (Å²) in [5.74, 6) is -1.69. The molecular weight excluding hydrogens is 226 g/mol. The van der Waals surface area contributed by atoms with Gasteiger partial charge in [-0.2, -0.15) is 0 Å². The van der Waals surface area contributed by atoms with Crippen molar-refractivity contribution in [3.05, 3.63) is 0 Å². The topological polar surface area (TPSA) is 49.8 Å². The van der Waals surface area contributed by atoms with Gasteiger partial charge in [-0.1, -0.05) is 34.8 Å². The van der Waals surface area contributed by atoms with Crippen LogP contribution in [0.15, 0.2) is 0 Å². The Hall–Kier alpha value is 0.300. The molecule has 0 aromatic rings. The molecule has 12 heavy (non-hydrogen) atoms. The highest BCUT2D eigenvalue weighted by atomic mass is 35.6. The summed E-state index contributed by atoms with van der Waals surface area (Å²) in [6.45, 7) is 0.442. The van der Waals surface area contributed by atoms with E-state index in [-0.39, 0.29) is 12.5 Å². The Morgan fingerprint density at radius 2 is 2.17 bits per heavy atom. The zero-order valence-corrected chi connectivity index (χ0v) is 8.23. The van der Waals surface area contributed by atoms with Gasteiger partial charge in [0.25, 0.3) is 0 Å². The Morgan fingerprint density at radius 1 is 1.67 bits per heavy atom. The number of carbonyl (C=O) groups is 1. The molecule has 1 aliphatic rings. The van der Waals surface area contributed by atoms with Crippen molar-refractivity contribution in [1.82, 2.24) is 0 Å². The van der Waals surface area contributed by atoms with Crippen molar-refractivity contribution in [2.45, 2.75) is 16.3 Å². The number of ether oxygens (including phenoxy) is 1. The maximum atomic E-state index is 10.6. The summed E-state index contributed by atoms with van der Waals surface area (Å²) in [5.41, 5.74) is 0. The van der Waals surface area contributed by atoms with E-state index >= 15 is 0 Å². The summed E-state index contributed by atoms with van der Waals surface area (Å²) in [7, 11) is 0. The van der Waals surface area contributed by atoms with E-state index in [1.165, 1.54) is 0 Å². The van der Waals surface area contributed by atoms with Gasteiger partial charge in [0.2, 0.25) is 0 Å². The van der Waals surface area contributed by atoms with Crippen LogP contribution in [0.2, 0.25) is 0 Å². The zero-order valence-electron chi connectivity index (χ0n) is 5.97. The molecule has 3 nitrogen and oxygen atoms in total. The second-order valence-corrected chi connectivity index (χ2v) is 5.15. The van der Waals surface area contributed by atoms with Crippen molar-refractivity contribution in [2.75, 3.05) is 6.61 Å². The first kappa shape index (κ1) is 10.4. The molecular formula is C6H7Cl3O3. The summed E-state index contributed by atoms with van der Waals surface area (Å²) < 4.78 is 3.30. The summed E-state index contributed by atoms with van der Waals surface area (Å²) in [5, 5.41) is 8.69. The minimum absolute atomic E-state index is 0.0162. The van der Waals surface area contributed by atoms with Crippen molar-refractivity contribution < 1.29 is 14.6 Å². The van der Waals surface area contributed by atoms with Crippen LogP contribution in [-0.2, 0) is 9.53 Å². The van der Waals surface area contributed by atoms with E-state index in [1.807, 2.05) is 0 Å². The molecule has 1 unspecified atom stereocenters. The van der Waals surface area contributed by atoms with Crippen molar-refractivity contribution in [1.29, 1.82) is 0 Å². The van der Waals surface area contributed by atoms with Gasteiger partial charge in [-0.15, -0.1) is 0 Å². The third-order valence-electron chi connectivity index (χ3n) is 1.58. The summed E-state index contributed by atoms with van der Waals surface area (Å²) in [6.07, 6.45) is -0.296. The van der Waals surface area contributed by atoms with E-state index in [9.17, 15) is 4.79 Å². The number of alkyl halides is 3. The van der Waals surface area contributed by atoms with Gasteiger partial charge in [-0.25, -0.2) is 0 Å². The van der Waals surface area contributed by atoms with Gasteiger partial charge in [0.05, 0.1) is 18.6 Å². The van der Waals surface area contributed by atoms with Crippen LogP contribution in [0.5, 0.6) is 0 Å². The Balaban J connectivity index is 2.49. The lowest BCUT2D eigenvalue weighted by Gasteiger charge is -2.15. The molecule has 0 amide bonds. The van der Waals surface area contributed by atoms with Gasteiger partial charge in [-0.3, -0.25) is 4.79 Å². The smallest absolute Gasteiger partial charge is 0.309 e. The van der Waals surface area contributed by atoms with Gasteiger partial charge >= 0.3 is 5.97 Å². The van der Waals surface area contributed by atoms with Crippen LogP contribution in [-0.4, -0.2) is 27.6 Å². The molecule has 2 atom stereocenters. The molecule has 0 aliphatic carbocycles. The van der Waals surface area contributed by atoms with Crippen LogP contribution in [0.25, 0.3) is 0 Å². The second kappa shape index (κ2) is 3.58. The molecule has 1 heterocycles. The fourth-order valence-corrected chi connectivity index (χ4v) is 1.41. The molecule has 1 saturated heterocycles. The number of halogens is 3. The monoisotopic (exact) mass is 232 g/mol. The Labute approximate surface area is 84.5 Å². The first-order valence-corrected chi connectivity index (χ1v) is 4.45. The Bertz CT molecular complexity index is 185. The highest BCUT2D eigenvalue weighted by Crippen LogP contribution is 2.37. The molecule has 0 spiro atoms. The minimum atomic E-state index is -1.52. The second-order valence-electron chi connectivity index (χ2n) is 2.64. The predicted octanol–water partition coefficient (Wildman–Crippen LogP) is 1.85. The quantitative estimate of drug-likeness (QED) is 0.598. The van der Waals surface area contributed by atoms with Crippen LogP contribution in [0, 0.1) is 5.92 Å². The molecule has 1 aliphatic heterocycles. The standard InChI is InChI=1S/C6H7Cl3O3/c7-6(8,9)1-3(5(10)11)4-2-12-4/h3-4H,1-2H2,(H,10,11)/t3-,4?/m1/s1. The molecule has 0 bridgehead atoms. The third-order valence-corrected chi connectivity index (χ3v) is 2.04. The highest BCUT2D eigenvalue weighted by Gasteiger charge is 2.42. The highest BCUT2D eigenvalue weighted by molar-refractivity contribution is 6.67. The van der Waals surface area contributed by atoms with Crippen LogP contribution >= 0.6 is 34.8 Å². The SMILES string of the molecule is O=C(O)[C@H](CC(Cl)(Cl)Cl)C1CO1. The maximum Gasteiger partial charge on any atom is 0.309 e. The van der Waals surface area contributed by atoms with Crippen LogP contribution in [0.3, 0.4) is 0 Å². The summed E-state index contributed by atoms with van der Waals surface area (Å²) in [6, 6.07) is 0. The van der Waals surface area contributed by atoms with E-state index in [2.05, 4.69) is 0 Å². The molecule has 0 radical (unpaired) electrons. The molecule has 0 aromatic carbocycles. The predicted molar refractivity (Wildman–Crippen MR) is 45.8 cm³/mol. The lowest BCUT2D eigenvalue weighted by atomic mass is 10.0. The van der Waals surface area contributed by atoms with E-state index < -0.39 is 15.7 Å². The number of carboxylic acids is 1. The third kappa shape index (κ3) is 3.35. The first-order chi connectivity index (χ1) is 5.40. The first-order valence-electron chi connectivity index (χ1n) is 3.31. The average molecular weight is 233 g/mol. The summed E-state index contributed by atoms with van der Waals surface area (Å²) >= 11 is 16.4. The molecule has 1 N–H and O–H groups in total. The number of aliphatic carboxylic acids is 1. The Kier molecular flexibility index (Phi) is 3.10. The lowest BCUT2D eigenvalue weighted by molar-refractivity contribution is -0.142. The molecule has 0 aromatic heterocycles. The number of epoxide rings is 1. The van der Waals surface area contributed by atoms with E-state index in [4.69, 9.17) is 44.6 Å². The zero-order chi connectivity index (χ0) is 9.35. The van der Waals surface area contributed by atoms with Gasteiger partial charge < -0.3 is 9.84 Å². The van der Waals surface area contributed by atoms with Crippen molar-refractivity contribution in [3.63, 3.8) is 0 Å². The number of hydrogen-bond donors (Lipinski definition) is 1. The van der Waals surface area contributed by atoms with E-state index in [1.54, 1.807) is 0 Å². The van der Waals surface area contributed by atoms with E-state index in [0.29, 0.717) is 6.61 Å². The maximum absolute atomic E-state index is 10.6. The molecule has 6 heteroatoms. The Morgan fingerprint density at radius 3 is 2.42 bits per heavy atom. The molecule has 70 valence electrons. The van der Waals surface area contributed by atoms with Crippen molar-refractivity contribution in [2.24, 2.45) is 5.92 Å². The van der Waals surface area contributed by atoms with Crippen molar-refractivity contribution in [3.8, 4) is 0 Å². The summed E-state index contributed by atoms with van der Waals surface area (Å²) in [4.78, 5) is 10.6. The molecule has 1 rings (SSSR count). The van der Waals surface area contributed by atoms with Gasteiger partial charge in [0, 0.05) is 6.42 Å². The fraction of sp³-hybridized carbons (Fsp3) is 0.833. The molecule has 1 fully saturated rings. The van der Waals surface area contributed by atoms with E-state index in [0.717, 1.165) is 0 Å². The number of hydrogen-bond acceptors (Lipinski definition) is 2. The normalized spacial score (nSPS) is 25.1. The average Bonchev–Trinajstić information content (AvgIpc) is 2.61. The van der Waals surface area contributed by atoms with Crippen molar-refractivity contribution >= 4 is 40.8 Å². The van der Waals surface area contributed by atoms with Crippen LogP contribution in [0.1, 0.15) is 6.42 Å². The molecule has 0 saturated carbocycles. The lowest BCUT2D eigenvalue weighted by Crippen LogP contribution is -2.25. The minimum Gasteiger partial charge on any atom is -0.481 e. The van der Waals surface area contributed by atoms with Crippen LogP contribution in [0.4, 0.5) is 0 Å². The number of carboxylic acid groups (broad SMARTS) is 1. The number of rotatable bonds is 3.